The highest BCUT2D eigenvalue weighted by molar-refractivity contribution is 5.91. The second-order valence-electron chi connectivity index (χ2n) is 7.70. The van der Waals surface area contributed by atoms with Gasteiger partial charge in [-0.3, -0.25) is 0 Å². The Bertz CT molecular complexity index is 983. The van der Waals surface area contributed by atoms with Gasteiger partial charge in [0.05, 0.1) is 24.4 Å². The van der Waals surface area contributed by atoms with Gasteiger partial charge in [-0.2, -0.15) is 0 Å². The fourth-order valence-corrected chi connectivity index (χ4v) is 3.26. The number of aliphatic hydroxyl groups is 1. The number of carbonyl (C=O) groups excluding carboxylic acids is 1. The van der Waals surface area contributed by atoms with Crippen molar-refractivity contribution in [3.63, 3.8) is 0 Å². The van der Waals surface area contributed by atoms with Crippen LogP contribution in [-0.4, -0.2) is 17.2 Å². The zero-order valence-electron chi connectivity index (χ0n) is 17.7. The first-order chi connectivity index (χ1) is 14.4. The summed E-state index contributed by atoms with van der Waals surface area (Å²) in [4.78, 5) is 11.5. The van der Waals surface area contributed by atoms with E-state index in [2.05, 4.69) is 19.1 Å². The van der Waals surface area contributed by atoms with E-state index in [9.17, 15) is 9.90 Å². The van der Waals surface area contributed by atoms with Crippen molar-refractivity contribution in [3.8, 4) is 0 Å². The second-order valence-corrected chi connectivity index (χ2v) is 7.70. The second kappa shape index (κ2) is 10.0. The van der Waals surface area contributed by atoms with Crippen LogP contribution >= 0.6 is 0 Å². The molecule has 0 saturated carbocycles. The minimum atomic E-state index is -0.563. The number of hydrogen-bond donors (Lipinski definition) is 1. The number of ether oxygens (including phenoxy) is 1. The van der Waals surface area contributed by atoms with Gasteiger partial charge >= 0.3 is 5.97 Å². The summed E-state index contributed by atoms with van der Waals surface area (Å²) < 4.78 is 15.9. The van der Waals surface area contributed by atoms with E-state index in [0.717, 1.165) is 36.2 Å². The number of hydrogen-bond acceptors (Lipinski definition) is 5. The quantitative estimate of drug-likeness (QED) is 0.407. The third kappa shape index (κ3) is 5.89. The van der Waals surface area contributed by atoms with Crippen molar-refractivity contribution >= 4 is 5.97 Å². The van der Waals surface area contributed by atoms with E-state index in [1.807, 2.05) is 37.5 Å². The van der Waals surface area contributed by atoms with E-state index in [-0.39, 0.29) is 5.76 Å². The Balaban J connectivity index is 1.43. The summed E-state index contributed by atoms with van der Waals surface area (Å²) in [7, 11) is 0. The SMILES string of the molecule is CC1=C(O)C(C\C(C)=C/C=C/C(C)=C/CCc2coc(Cc3ccoc3)c2)OC1=O. The molecule has 0 radical (unpaired) electrons. The Hall–Kier alpha value is -3.21. The molecule has 2 aromatic rings. The Kier molecular flexibility index (Phi) is 7.17. The van der Waals surface area contributed by atoms with Gasteiger partial charge < -0.3 is 18.7 Å². The van der Waals surface area contributed by atoms with E-state index in [4.69, 9.17) is 13.6 Å². The van der Waals surface area contributed by atoms with Gasteiger partial charge in [0, 0.05) is 12.8 Å². The standard InChI is InChI=1S/C25H28O5/c1-17(6-4-8-18(2)12-23-24(26)19(3)25(27)30-23)7-5-9-20-13-22(29-16-20)14-21-10-11-28-15-21/h4,6-8,10-11,13,15-16,23,26H,5,9,12,14H2,1-3H3/b6-4+,17-7+,18-8-. The van der Waals surface area contributed by atoms with Gasteiger partial charge in [-0.1, -0.05) is 35.5 Å². The molecule has 1 unspecified atom stereocenters. The Morgan fingerprint density at radius 1 is 1.23 bits per heavy atom. The van der Waals surface area contributed by atoms with Crippen LogP contribution in [0.15, 0.2) is 86.5 Å². The highest BCUT2D eigenvalue weighted by Gasteiger charge is 2.31. The molecule has 0 spiro atoms. The fraction of sp³-hybridized carbons (Fsp3) is 0.320. The van der Waals surface area contributed by atoms with E-state index in [1.165, 1.54) is 11.1 Å². The third-order valence-electron chi connectivity index (χ3n) is 5.06. The zero-order valence-corrected chi connectivity index (χ0v) is 17.7. The molecular formula is C25H28O5. The maximum Gasteiger partial charge on any atom is 0.338 e. The predicted octanol–water partition coefficient (Wildman–Crippen LogP) is 5.99. The van der Waals surface area contributed by atoms with Crippen molar-refractivity contribution in [2.24, 2.45) is 0 Å². The van der Waals surface area contributed by atoms with Gasteiger partial charge in [0.2, 0.25) is 0 Å². The summed E-state index contributed by atoms with van der Waals surface area (Å²) in [5.41, 5.74) is 4.79. The van der Waals surface area contributed by atoms with Gasteiger partial charge in [0.1, 0.15) is 11.5 Å². The third-order valence-corrected chi connectivity index (χ3v) is 5.06. The van der Waals surface area contributed by atoms with Crippen LogP contribution in [0, 0.1) is 0 Å². The molecule has 5 nitrogen and oxygen atoms in total. The topological polar surface area (TPSA) is 72.8 Å². The number of furan rings is 2. The number of aliphatic hydroxyl groups excluding tert-OH is 1. The number of aryl methyl sites for hydroxylation is 1. The number of cyclic esters (lactones) is 1. The molecule has 0 aliphatic carbocycles. The molecule has 3 rings (SSSR count). The number of rotatable bonds is 9. The average molecular weight is 408 g/mol. The number of esters is 1. The van der Waals surface area contributed by atoms with Crippen LogP contribution in [0.4, 0.5) is 0 Å². The zero-order chi connectivity index (χ0) is 21.5. The van der Waals surface area contributed by atoms with Crippen molar-refractivity contribution in [1.82, 2.24) is 0 Å². The molecule has 0 aromatic carbocycles. The lowest BCUT2D eigenvalue weighted by Crippen LogP contribution is -2.11. The van der Waals surface area contributed by atoms with Crippen LogP contribution in [0.1, 0.15) is 50.5 Å². The molecule has 0 fully saturated rings. The lowest BCUT2D eigenvalue weighted by molar-refractivity contribution is -0.140. The molecule has 0 bridgehead atoms. The van der Waals surface area contributed by atoms with E-state index in [0.29, 0.717) is 12.0 Å². The summed E-state index contributed by atoms with van der Waals surface area (Å²) >= 11 is 0. The molecule has 5 heteroatoms. The average Bonchev–Trinajstić information content (AvgIpc) is 3.43. The molecule has 1 atom stereocenters. The molecular weight excluding hydrogens is 380 g/mol. The largest absolute Gasteiger partial charge is 0.508 e. The molecule has 158 valence electrons. The van der Waals surface area contributed by atoms with Crippen molar-refractivity contribution < 1.29 is 23.5 Å². The fourth-order valence-electron chi connectivity index (χ4n) is 3.26. The molecule has 2 aromatic heterocycles. The monoisotopic (exact) mass is 408 g/mol. The Labute approximate surface area is 177 Å². The summed E-state index contributed by atoms with van der Waals surface area (Å²) in [6.07, 6.45) is 15.9. The molecule has 1 aliphatic heterocycles. The molecule has 1 aliphatic rings. The normalized spacial score (nSPS) is 18.0. The summed E-state index contributed by atoms with van der Waals surface area (Å²) in [6, 6.07) is 4.04. The first-order valence-corrected chi connectivity index (χ1v) is 10.1. The predicted molar refractivity (Wildman–Crippen MR) is 115 cm³/mol. The minimum Gasteiger partial charge on any atom is -0.508 e. The smallest absolute Gasteiger partial charge is 0.338 e. The van der Waals surface area contributed by atoms with Gasteiger partial charge in [-0.05, 0) is 56.9 Å². The molecule has 0 amide bonds. The molecule has 1 N–H and O–H groups in total. The summed E-state index contributed by atoms with van der Waals surface area (Å²) in [5.74, 6) is 0.544. The first-order valence-electron chi connectivity index (χ1n) is 10.1. The van der Waals surface area contributed by atoms with Gasteiger partial charge in [-0.25, -0.2) is 4.79 Å². The van der Waals surface area contributed by atoms with Crippen LogP contribution in [0.2, 0.25) is 0 Å². The minimum absolute atomic E-state index is 0.0416. The Morgan fingerprint density at radius 3 is 2.77 bits per heavy atom. The van der Waals surface area contributed by atoms with Crippen LogP contribution in [0.25, 0.3) is 0 Å². The van der Waals surface area contributed by atoms with Crippen LogP contribution in [0.5, 0.6) is 0 Å². The lowest BCUT2D eigenvalue weighted by atomic mass is 10.1. The summed E-state index contributed by atoms with van der Waals surface area (Å²) in [5, 5.41) is 9.92. The number of carbonyl (C=O) groups is 1. The highest BCUT2D eigenvalue weighted by Crippen LogP contribution is 2.25. The first kappa shape index (κ1) is 21.5. The lowest BCUT2D eigenvalue weighted by Gasteiger charge is -2.10. The summed E-state index contributed by atoms with van der Waals surface area (Å²) in [6.45, 7) is 5.60. The van der Waals surface area contributed by atoms with E-state index in [1.54, 1.807) is 19.5 Å². The highest BCUT2D eigenvalue weighted by atomic mass is 16.6. The Morgan fingerprint density at radius 2 is 2.07 bits per heavy atom. The number of allylic oxidation sites excluding steroid dienone is 5. The maximum absolute atomic E-state index is 11.5. The van der Waals surface area contributed by atoms with Gasteiger partial charge in [0.15, 0.2) is 6.10 Å². The molecule has 30 heavy (non-hydrogen) atoms. The van der Waals surface area contributed by atoms with Gasteiger partial charge in [0.25, 0.3) is 0 Å². The van der Waals surface area contributed by atoms with Crippen LogP contribution in [0.3, 0.4) is 0 Å². The van der Waals surface area contributed by atoms with Crippen molar-refractivity contribution in [1.29, 1.82) is 0 Å². The molecule has 0 saturated heterocycles. The van der Waals surface area contributed by atoms with Crippen molar-refractivity contribution in [2.75, 3.05) is 0 Å². The van der Waals surface area contributed by atoms with Crippen LogP contribution in [-0.2, 0) is 22.4 Å². The molecule has 3 heterocycles. The van der Waals surface area contributed by atoms with Crippen LogP contribution < -0.4 is 0 Å². The van der Waals surface area contributed by atoms with Crippen molar-refractivity contribution in [2.45, 2.75) is 52.6 Å². The van der Waals surface area contributed by atoms with E-state index >= 15 is 0 Å². The van der Waals surface area contributed by atoms with E-state index < -0.39 is 12.1 Å². The van der Waals surface area contributed by atoms with Gasteiger partial charge in [-0.15, -0.1) is 0 Å². The van der Waals surface area contributed by atoms with Crippen molar-refractivity contribution in [3.05, 3.63) is 94.6 Å². The maximum atomic E-state index is 11.5.